The molecular weight excluding hydrogens is 493 g/mol. The minimum atomic E-state index is -1.47. The van der Waals surface area contributed by atoms with Crippen LogP contribution in [-0.2, 0) is 0 Å². The van der Waals surface area contributed by atoms with Crippen molar-refractivity contribution in [3.05, 3.63) is 47.8 Å². The van der Waals surface area contributed by atoms with Gasteiger partial charge in [-0.3, -0.25) is 0 Å². The lowest BCUT2D eigenvalue weighted by Crippen LogP contribution is -2.29. The topological polar surface area (TPSA) is 25.8 Å². The summed E-state index contributed by atoms with van der Waals surface area (Å²) in [5, 5.41) is 0. The second-order valence-electron chi connectivity index (χ2n) is 9.00. The number of nitrogens with zero attached hydrogens (tertiary/aromatic N) is 2. The van der Waals surface area contributed by atoms with Crippen molar-refractivity contribution in [3.63, 3.8) is 0 Å². The highest BCUT2D eigenvalue weighted by Gasteiger charge is 2.24. The second kappa shape index (κ2) is 16.0. The molecule has 0 aliphatic rings. The Hall–Kier alpha value is -3.91. The van der Waals surface area contributed by atoms with Crippen LogP contribution in [0.4, 0.5) is 0 Å². The molecule has 0 atom stereocenters. The molecule has 2 nitrogen and oxygen atoms in total. The molecule has 0 aromatic carbocycles. The number of rotatable bonds is 7. The monoisotopic (exact) mass is 528 g/mol. The third-order valence-corrected chi connectivity index (χ3v) is 16.7. The van der Waals surface area contributed by atoms with Crippen molar-refractivity contribution >= 4 is 16.1 Å². The predicted octanol–water partition coefficient (Wildman–Crippen LogP) is 6.96. The normalized spacial score (nSPS) is 9.74. The summed E-state index contributed by atoms with van der Waals surface area (Å²) in [6.45, 7) is 13.4. The van der Waals surface area contributed by atoms with E-state index >= 15 is 0 Å². The Bertz CT molecular complexity index is 1340. The molecule has 4 heteroatoms. The van der Waals surface area contributed by atoms with Gasteiger partial charge in [0.05, 0.1) is 11.4 Å². The van der Waals surface area contributed by atoms with Gasteiger partial charge in [0.25, 0.3) is 0 Å². The molecule has 2 heterocycles. The lowest BCUT2D eigenvalue weighted by atomic mass is 10.2. The zero-order chi connectivity index (χ0) is 27.7. The minimum absolute atomic E-state index is 0.637. The number of hydrogen-bond donors (Lipinski definition) is 0. The predicted molar refractivity (Wildman–Crippen MR) is 167 cm³/mol. The van der Waals surface area contributed by atoms with Crippen LogP contribution in [-0.4, -0.2) is 26.1 Å². The van der Waals surface area contributed by atoms with Crippen LogP contribution >= 0.6 is 0 Å². The molecule has 2 rings (SSSR count). The molecule has 0 saturated carbocycles. The zero-order valence-corrected chi connectivity index (χ0v) is 25.6. The molecule has 2 aromatic heterocycles. The highest BCUT2D eigenvalue weighted by Crippen LogP contribution is 2.19. The van der Waals surface area contributed by atoms with E-state index in [1.165, 1.54) is 36.3 Å². The van der Waals surface area contributed by atoms with E-state index < -0.39 is 16.1 Å². The summed E-state index contributed by atoms with van der Waals surface area (Å²) in [5.74, 6) is 29.3. The number of hydrogen-bond acceptors (Lipinski definition) is 2. The molecule has 0 radical (unpaired) electrons. The van der Waals surface area contributed by atoms with E-state index in [1.807, 2.05) is 36.4 Å². The number of pyridine rings is 2. The molecule has 0 amide bonds. The van der Waals surface area contributed by atoms with Crippen molar-refractivity contribution in [2.75, 3.05) is 0 Å². The summed E-state index contributed by atoms with van der Waals surface area (Å²) in [7, 11) is -2.94. The molecule has 0 spiro atoms. The smallest absolute Gasteiger partial charge is 0.139 e. The first-order valence-electron chi connectivity index (χ1n) is 13.5. The molecular formula is C34H36N2Si2. The minimum Gasteiger partial charge on any atom is -0.238 e. The maximum Gasteiger partial charge on any atom is 0.139 e. The van der Waals surface area contributed by atoms with Gasteiger partial charge in [-0.25, -0.2) is 9.97 Å². The quantitative estimate of drug-likeness (QED) is 0.287. The standard InChI is InChI=1S/C34H36N2Si2/c1-7-37(8-2,9-3)29-19-15-13-17-23-31-25-21-27-33(35-31)34-28-22-26-32(36-34)24-18-14-16-20-30-38(10-4,11-5)12-6/h21-22,25-28H,7-12H2,1-6H3. The first-order chi connectivity index (χ1) is 18.5. The third kappa shape index (κ3) is 9.19. The maximum absolute atomic E-state index is 4.63. The number of aromatic nitrogens is 2. The zero-order valence-electron chi connectivity index (χ0n) is 23.6. The fourth-order valence-corrected chi connectivity index (χ4v) is 8.68. The third-order valence-electron chi connectivity index (χ3n) is 7.23. The summed E-state index contributed by atoms with van der Waals surface area (Å²) in [4.78, 5) is 9.25. The summed E-state index contributed by atoms with van der Waals surface area (Å²) < 4.78 is 0. The highest BCUT2D eigenvalue weighted by atomic mass is 28.3. The van der Waals surface area contributed by atoms with Crippen LogP contribution in [0.3, 0.4) is 0 Å². The van der Waals surface area contributed by atoms with Crippen molar-refractivity contribution in [2.45, 2.75) is 77.8 Å². The van der Waals surface area contributed by atoms with Crippen LogP contribution in [0.1, 0.15) is 52.9 Å². The molecule has 0 N–H and O–H groups in total. The van der Waals surface area contributed by atoms with E-state index in [9.17, 15) is 0 Å². The molecule has 0 unspecified atom stereocenters. The van der Waals surface area contributed by atoms with Gasteiger partial charge in [0.1, 0.15) is 27.5 Å². The lowest BCUT2D eigenvalue weighted by molar-refractivity contribution is 1.20. The largest absolute Gasteiger partial charge is 0.238 e. The van der Waals surface area contributed by atoms with Crippen molar-refractivity contribution in [1.82, 2.24) is 9.97 Å². The van der Waals surface area contributed by atoms with E-state index in [4.69, 9.17) is 0 Å². The first kappa shape index (κ1) is 30.3. The molecule has 0 saturated heterocycles. The second-order valence-corrected chi connectivity index (χ2v) is 18.9. The van der Waals surface area contributed by atoms with Gasteiger partial charge in [0, 0.05) is 0 Å². The van der Waals surface area contributed by atoms with Gasteiger partial charge in [-0.2, -0.15) is 0 Å². The van der Waals surface area contributed by atoms with Gasteiger partial charge in [-0.05, 0) is 120 Å². The Morgan fingerprint density at radius 1 is 0.474 bits per heavy atom. The fraction of sp³-hybridized carbons (Fsp3) is 0.353. The van der Waals surface area contributed by atoms with Crippen LogP contribution in [0.25, 0.3) is 11.4 Å². The highest BCUT2D eigenvalue weighted by molar-refractivity contribution is 6.87. The van der Waals surface area contributed by atoms with Gasteiger partial charge in [0.2, 0.25) is 0 Å². The molecule has 0 aliphatic carbocycles. The van der Waals surface area contributed by atoms with Gasteiger partial charge < -0.3 is 0 Å². The Labute approximate surface area is 232 Å². The van der Waals surface area contributed by atoms with Gasteiger partial charge in [-0.15, -0.1) is 11.1 Å². The SMILES string of the molecule is CC[Si](C#CC#CC#Cc1cccc(-c2cccc(C#CC#CC#C[Si](CC)(CC)CC)n2)n1)(CC)CC. The van der Waals surface area contributed by atoms with E-state index in [1.54, 1.807) is 0 Å². The van der Waals surface area contributed by atoms with Crippen LogP contribution in [0.5, 0.6) is 0 Å². The van der Waals surface area contributed by atoms with Crippen molar-refractivity contribution < 1.29 is 0 Å². The Balaban J connectivity index is 2.15. The van der Waals surface area contributed by atoms with E-state index in [-0.39, 0.29) is 0 Å². The van der Waals surface area contributed by atoms with Crippen molar-refractivity contribution in [3.8, 4) is 81.7 Å². The average molecular weight is 529 g/mol. The molecule has 0 fully saturated rings. The summed E-state index contributed by atoms with van der Waals surface area (Å²) in [5.41, 5.74) is 9.64. The van der Waals surface area contributed by atoms with Gasteiger partial charge in [0.15, 0.2) is 0 Å². The molecule has 0 bridgehead atoms. The first-order valence-corrected chi connectivity index (χ1v) is 18.7. The Morgan fingerprint density at radius 2 is 0.816 bits per heavy atom. The molecule has 2 aromatic rings. The summed E-state index contributed by atoms with van der Waals surface area (Å²) in [6.07, 6.45) is 0. The van der Waals surface area contributed by atoms with Crippen LogP contribution in [0.2, 0.25) is 36.3 Å². The van der Waals surface area contributed by atoms with Gasteiger partial charge >= 0.3 is 0 Å². The summed E-state index contributed by atoms with van der Waals surface area (Å²) in [6, 6.07) is 18.4. The maximum atomic E-state index is 4.63. The van der Waals surface area contributed by atoms with Gasteiger partial charge in [-0.1, -0.05) is 53.7 Å². The van der Waals surface area contributed by atoms with Crippen LogP contribution in [0.15, 0.2) is 36.4 Å². The van der Waals surface area contributed by atoms with Crippen LogP contribution in [0, 0.1) is 70.3 Å². The summed E-state index contributed by atoms with van der Waals surface area (Å²) >= 11 is 0. The fourth-order valence-electron chi connectivity index (χ4n) is 3.97. The molecule has 38 heavy (non-hydrogen) atoms. The van der Waals surface area contributed by atoms with Crippen LogP contribution < -0.4 is 0 Å². The Morgan fingerprint density at radius 3 is 1.16 bits per heavy atom. The molecule has 190 valence electrons. The van der Waals surface area contributed by atoms with E-state index in [2.05, 4.69) is 122 Å². The Kier molecular flexibility index (Phi) is 12.8. The lowest BCUT2D eigenvalue weighted by Gasteiger charge is -2.19. The average Bonchev–Trinajstić information content (AvgIpc) is 2.97. The van der Waals surface area contributed by atoms with Crippen molar-refractivity contribution in [1.29, 1.82) is 0 Å². The van der Waals surface area contributed by atoms with Crippen molar-refractivity contribution in [2.24, 2.45) is 0 Å². The molecule has 0 aliphatic heterocycles. The van der Waals surface area contributed by atoms with E-state index in [0.717, 1.165) is 11.4 Å². The van der Waals surface area contributed by atoms with E-state index in [0.29, 0.717) is 11.4 Å².